The highest BCUT2D eigenvalue weighted by atomic mass is 16.7. The first kappa shape index (κ1) is 17.8. The quantitative estimate of drug-likeness (QED) is 0.531. The van der Waals surface area contributed by atoms with Crippen molar-refractivity contribution in [2.24, 2.45) is 0 Å². The summed E-state index contributed by atoms with van der Waals surface area (Å²) in [6.45, 7) is 2.11. The van der Waals surface area contributed by atoms with Crippen LogP contribution in [0.3, 0.4) is 0 Å². The van der Waals surface area contributed by atoms with Crippen molar-refractivity contribution in [2.75, 3.05) is 7.11 Å². The number of hydrogen-bond acceptors (Lipinski definition) is 3. The van der Waals surface area contributed by atoms with Crippen molar-refractivity contribution in [3.05, 3.63) is 71.8 Å². The normalized spacial score (nSPS) is 12.8. The van der Waals surface area contributed by atoms with Gasteiger partial charge in [-0.05, 0) is 35.4 Å². The van der Waals surface area contributed by atoms with Gasteiger partial charge in [0.05, 0.1) is 0 Å². The van der Waals surface area contributed by atoms with Crippen LogP contribution >= 0.6 is 0 Å². The van der Waals surface area contributed by atoms with E-state index in [-0.39, 0.29) is 12.0 Å². The molecular weight excluding hydrogens is 300 g/mol. The van der Waals surface area contributed by atoms with Crippen molar-refractivity contribution in [1.29, 1.82) is 0 Å². The molecule has 0 aliphatic heterocycles. The summed E-state index contributed by atoms with van der Waals surface area (Å²) in [5.74, 6) is 1.09. The fraction of sp³-hybridized carbons (Fsp3) is 0.238. The maximum atomic E-state index is 9.24. The monoisotopic (exact) mass is 324 g/mol. The van der Waals surface area contributed by atoms with Crippen LogP contribution in [0.25, 0.3) is 12.2 Å². The zero-order valence-electron chi connectivity index (χ0n) is 14.2. The molecule has 0 aliphatic rings. The van der Waals surface area contributed by atoms with Crippen LogP contribution in [0.5, 0.6) is 11.5 Å². The number of benzene rings is 2. The Morgan fingerprint density at radius 2 is 1.46 bits per heavy atom. The SMILES string of the molecule is CCCC(OC)Oc1ccc(C=CC=Cc2ccc(O)cc2)cc1. The van der Waals surface area contributed by atoms with E-state index in [1.165, 1.54) is 0 Å². The topological polar surface area (TPSA) is 38.7 Å². The number of phenolic OH excluding ortho intramolecular Hbond substituents is 1. The molecule has 0 heterocycles. The molecule has 1 N–H and O–H groups in total. The van der Waals surface area contributed by atoms with Crippen molar-refractivity contribution in [1.82, 2.24) is 0 Å². The Balaban J connectivity index is 1.89. The predicted molar refractivity (Wildman–Crippen MR) is 98.9 cm³/mol. The van der Waals surface area contributed by atoms with Crippen molar-refractivity contribution in [3.8, 4) is 11.5 Å². The Hall–Kier alpha value is -2.52. The summed E-state index contributed by atoms with van der Waals surface area (Å²) in [5, 5.41) is 9.24. The minimum absolute atomic E-state index is 0.190. The van der Waals surface area contributed by atoms with Gasteiger partial charge in [0.15, 0.2) is 6.29 Å². The van der Waals surface area contributed by atoms with Gasteiger partial charge < -0.3 is 14.6 Å². The number of hydrogen-bond donors (Lipinski definition) is 1. The van der Waals surface area contributed by atoms with Crippen LogP contribution in [0.4, 0.5) is 0 Å². The number of phenols is 1. The molecule has 3 heteroatoms. The highest BCUT2D eigenvalue weighted by molar-refractivity contribution is 5.57. The Labute approximate surface area is 143 Å². The Morgan fingerprint density at radius 3 is 1.96 bits per heavy atom. The molecule has 24 heavy (non-hydrogen) atoms. The first-order valence-electron chi connectivity index (χ1n) is 8.14. The Morgan fingerprint density at radius 1 is 0.917 bits per heavy atom. The van der Waals surface area contributed by atoms with E-state index < -0.39 is 0 Å². The van der Waals surface area contributed by atoms with E-state index in [0.29, 0.717) is 0 Å². The van der Waals surface area contributed by atoms with Crippen molar-refractivity contribution >= 4 is 12.2 Å². The van der Waals surface area contributed by atoms with Crippen molar-refractivity contribution in [2.45, 2.75) is 26.1 Å². The summed E-state index contributed by atoms with van der Waals surface area (Å²) in [7, 11) is 1.66. The number of allylic oxidation sites excluding steroid dienone is 2. The highest BCUT2D eigenvalue weighted by Gasteiger charge is 2.06. The maximum Gasteiger partial charge on any atom is 0.199 e. The van der Waals surface area contributed by atoms with Crippen molar-refractivity contribution < 1.29 is 14.6 Å². The lowest BCUT2D eigenvalue weighted by atomic mass is 10.2. The van der Waals surface area contributed by atoms with Gasteiger partial charge in [-0.25, -0.2) is 0 Å². The molecule has 0 spiro atoms. The van der Waals surface area contributed by atoms with Gasteiger partial charge in [-0.2, -0.15) is 0 Å². The lowest BCUT2D eigenvalue weighted by Gasteiger charge is -2.16. The first-order chi connectivity index (χ1) is 11.7. The van der Waals surface area contributed by atoms with Gasteiger partial charge in [-0.3, -0.25) is 0 Å². The summed E-state index contributed by atoms with van der Waals surface area (Å²) in [6.07, 6.45) is 9.68. The van der Waals surface area contributed by atoms with Crippen LogP contribution < -0.4 is 4.74 Å². The summed E-state index contributed by atoms with van der Waals surface area (Å²) in [6, 6.07) is 15.0. The molecular formula is C21H24O3. The van der Waals surface area contributed by atoms with E-state index in [4.69, 9.17) is 9.47 Å². The molecule has 0 saturated carbocycles. The summed E-state index contributed by atoms with van der Waals surface area (Å²) >= 11 is 0. The lowest BCUT2D eigenvalue weighted by molar-refractivity contribution is -0.0583. The number of ether oxygens (including phenoxy) is 2. The summed E-state index contributed by atoms with van der Waals surface area (Å²) < 4.78 is 11.1. The molecule has 1 atom stereocenters. The van der Waals surface area contributed by atoms with Crippen LogP contribution in [-0.2, 0) is 4.74 Å². The second-order valence-electron chi connectivity index (χ2n) is 5.45. The zero-order valence-corrected chi connectivity index (χ0v) is 14.2. The summed E-state index contributed by atoms with van der Waals surface area (Å²) in [4.78, 5) is 0. The van der Waals surface area contributed by atoms with Crippen molar-refractivity contribution in [3.63, 3.8) is 0 Å². The molecule has 2 rings (SSSR count). The minimum Gasteiger partial charge on any atom is -0.508 e. The molecule has 0 saturated heterocycles. The van der Waals surface area contributed by atoms with Crippen LogP contribution in [0.2, 0.25) is 0 Å². The molecule has 0 aromatic heterocycles. The van der Waals surface area contributed by atoms with Crippen LogP contribution in [0, 0.1) is 0 Å². The molecule has 0 fully saturated rings. The third-order valence-electron chi connectivity index (χ3n) is 3.52. The summed E-state index contributed by atoms with van der Waals surface area (Å²) in [5.41, 5.74) is 2.14. The van der Waals surface area contributed by atoms with Gasteiger partial charge in [0.2, 0.25) is 0 Å². The molecule has 0 aliphatic carbocycles. The first-order valence-corrected chi connectivity index (χ1v) is 8.14. The van der Waals surface area contributed by atoms with Gasteiger partial charge >= 0.3 is 0 Å². The third kappa shape index (κ3) is 5.94. The molecule has 2 aromatic carbocycles. The van der Waals surface area contributed by atoms with E-state index in [1.54, 1.807) is 19.2 Å². The van der Waals surface area contributed by atoms with Gasteiger partial charge in [0.25, 0.3) is 0 Å². The number of methoxy groups -OCH3 is 1. The largest absolute Gasteiger partial charge is 0.508 e. The molecule has 126 valence electrons. The standard InChI is InChI=1S/C21H24O3/c1-3-6-21(23-2)24-20-15-11-18(12-16-20)8-5-4-7-17-9-13-19(22)14-10-17/h4-5,7-16,21-22H,3,6H2,1-2H3. The van der Waals surface area contributed by atoms with E-state index in [2.05, 4.69) is 6.92 Å². The Kier molecular flexibility index (Phi) is 7.12. The molecule has 2 aromatic rings. The molecule has 0 radical (unpaired) electrons. The van der Waals surface area contributed by atoms with E-state index in [0.717, 1.165) is 29.7 Å². The lowest BCUT2D eigenvalue weighted by Crippen LogP contribution is -2.18. The van der Waals surface area contributed by atoms with Crippen LogP contribution in [0.1, 0.15) is 30.9 Å². The van der Waals surface area contributed by atoms with Gasteiger partial charge in [0, 0.05) is 13.5 Å². The Bertz CT molecular complexity index is 654. The fourth-order valence-electron chi connectivity index (χ4n) is 2.19. The number of aromatic hydroxyl groups is 1. The van der Waals surface area contributed by atoms with E-state index in [9.17, 15) is 5.11 Å². The van der Waals surface area contributed by atoms with E-state index >= 15 is 0 Å². The average Bonchev–Trinajstić information content (AvgIpc) is 2.61. The molecule has 0 amide bonds. The second-order valence-corrected chi connectivity index (χ2v) is 5.45. The smallest absolute Gasteiger partial charge is 0.199 e. The third-order valence-corrected chi connectivity index (χ3v) is 3.52. The second kappa shape index (κ2) is 9.58. The highest BCUT2D eigenvalue weighted by Crippen LogP contribution is 2.17. The van der Waals surface area contributed by atoms with Crippen LogP contribution in [0.15, 0.2) is 60.7 Å². The maximum absolute atomic E-state index is 9.24. The van der Waals surface area contributed by atoms with E-state index in [1.807, 2.05) is 60.7 Å². The predicted octanol–water partition coefficient (Wildman–Crippen LogP) is 5.27. The fourth-order valence-corrected chi connectivity index (χ4v) is 2.19. The minimum atomic E-state index is -0.190. The average molecular weight is 324 g/mol. The van der Waals surface area contributed by atoms with Gasteiger partial charge in [0.1, 0.15) is 11.5 Å². The van der Waals surface area contributed by atoms with Crippen LogP contribution in [-0.4, -0.2) is 18.5 Å². The zero-order chi connectivity index (χ0) is 17.2. The number of rotatable bonds is 8. The molecule has 3 nitrogen and oxygen atoms in total. The molecule has 1 unspecified atom stereocenters. The van der Waals surface area contributed by atoms with Gasteiger partial charge in [-0.1, -0.05) is 61.9 Å². The molecule has 0 bridgehead atoms. The van der Waals surface area contributed by atoms with Gasteiger partial charge in [-0.15, -0.1) is 0 Å².